The molecule has 0 bridgehead atoms. The summed E-state index contributed by atoms with van der Waals surface area (Å²) < 4.78 is 67.8. The number of Topliss-reactive ketones (excluding diaryl/α,β-unsaturated/α-hetero) is 1. The number of hydrogen-bond acceptors (Lipinski definition) is 6. The standard InChI is InChI=1S/C25H20F4N2O5/c1-13(32)19-11-16(7-8-30-19)31-24(33)23-18(26)9-15(14-3-4-14)10-22(23)35-20-6-5-17(12-21(20)34-2)36-25(27,28)29/h5-12,14H,3-4H2,1-2H3,(H,30,31,33). The van der Waals surface area contributed by atoms with Crippen molar-refractivity contribution in [3.63, 3.8) is 0 Å². The number of ether oxygens (including phenoxy) is 3. The number of ketones is 1. The van der Waals surface area contributed by atoms with Crippen LogP contribution in [0.3, 0.4) is 0 Å². The molecule has 0 spiro atoms. The number of rotatable bonds is 8. The number of carbonyl (C=O) groups excluding carboxylic acids is 2. The molecule has 4 rings (SSSR count). The van der Waals surface area contributed by atoms with E-state index in [4.69, 9.17) is 9.47 Å². The van der Waals surface area contributed by atoms with Crippen LogP contribution in [0.15, 0.2) is 48.7 Å². The Kier molecular flexibility index (Phi) is 6.82. The van der Waals surface area contributed by atoms with E-state index in [1.807, 2.05) is 0 Å². The highest BCUT2D eigenvalue weighted by atomic mass is 19.4. The van der Waals surface area contributed by atoms with E-state index in [9.17, 15) is 22.8 Å². The Morgan fingerprint density at radius 2 is 1.78 bits per heavy atom. The number of hydrogen-bond donors (Lipinski definition) is 1. The molecule has 0 radical (unpaired) electrons. The molecule has 7 nitrogen and oxygen atoms in total. The minimum Gasteiger partial charge on any atom is -0.493 e. The van der Waals surface area contributed by atoms with Gasteiger partial charge in [-0.2, -0.15) is 0 Å². The van der Waals surface area contributed by atoms with Crippen LogP contribution in [0.25, 0.3) is 0 Å². The predicted octanol–water partition coefficient (Wildman–Crippen LogP) is 6.25. The van der Waals surface area contributed by atoms with Crippen LogP contribution in [-0.2, 0) is 0 Å². The van der Waals surface area contributed by atoms with Crippen molar-refractivity contribution in [2.24, 2.45) is 0 Å². The molecule has 11 heteroatoms. The molecule has 3 aromatic rings. The summed E-state index contributed by atoms with van der Waals surface area (Å²) in [4.78, 5) is 28.6. The van der Waals surface area contributed by atoms with Gasteiger partial charge in [0.15, 0.2) is 17.3 Å². The van der Waals surface area contributed by atoms with Crippen molar-refractivity contribution in [1.82, 2.24) is 4.98 Å². The molecular weight excluding hydrogens is 484 g/mol. The molecule has 0 saturated heterocycles. The van der Waals surface area contributed by atoms with Crippen LogP contribution in [0.4, 0.5) is 23.2 Å². The van der Waals surface area contributed by atoms with Gasteiger partial charge in [0.1, 0.15) is 28.6 Å². The lowest BCUT2D eigenvalue weighted by atomic mass is 10.0. The van der Waals surface area contributed by atoms with Crippen LogP contribution in [-0.4, -0.2) is 30.1 Å². The minimum atomic E-state index is -4.91. The molecule has 1 saturated carbocycles. The normalized spacial score (nSPS) is 13.2. The maximum atomic E-state index is 15.2. The van der Waals surface area contributed by atoms with Gasteiger partial charge in [-0.15, -0.1) is 13.2 Å². The quantitative estimate of drug-likeness (QED) is 0.288. The lowest BCUT2D eigenvalue weighted by Gasteiger charge is -2.17. The second-order valence-electron chi connectivity index (χ2n) is 8.05. The summed E-state index contributed by atoms with van der Waals surface area (Å²) in [7, 11) is 1.21. The lowest BCUT2D eigenvalue weighted by Crippen LogP contribution is -2.17. The Bertz CT molecular complexity index is 1320. The number of aromatic nitrogens is 1. The number of anilines is 1. The first-order valence-corrected chi connectivity index (χ1v) is 10.8. The van der Waals surface area contributed by atoms with Crippen LogP contribution >= 0.6 is 0 Å². The molecule has 0 unspecified atom stereocenters. The summed E-state index contributed by atoms with van der Waals surface area (Å²) in [6.45, 7) is 1.31. The van der Waals surface area contributed by atoms with Crippen LogP contribution in [0.5, 0.6) is 23.0 Å². The maximum Gasteiger partial charge on any atom is 0.573 e. The molecule has 1 amide bonds. The SMILES string of the molecule is COc1cc(OC(F)(F)F)ccc1Oc1cc(C2CC2)cc(F)c1C(=O)Nc1ccnc(C(C)=O)c1. The summed E-state index contributed by atoms with van der Waals surface area (Å²) >= 11 is 0. The van der Waals surface area contributed by atoms with Crippen molar-refractivity contribution in [1.29, 1.82) is 0 Å². The molecule has 1 heterocycles. The van der Waals surface area contributed by atoms with Gasteiger partial charge in [0.05, 0.1) is 7.11 Å². The average Bonchev–Trinajstić information content (AvgIpc) is 3.64. The third kappa shape index (κ3) is 5.91. The topological polar surface area (TPSA) is 86.8 Å². The summed E-state index contributed by atoms with van der Waals surface area (Å²) in [5.74, 6) is -2.79. The van der Waals surface area contributed by atoms with E-state index in [1.54, 1.807) is 0 Å². The fourth-order valence-electron chi connectivity index (χ4n) is 3.50. The number of alkyl halides is 3. The first-order chi connectivity index (χ1) is 17.0. The summed E-state index contributed by atoms with van der Waals surface area (Å²) in [6.07, 6.45) is -1.88. The number of methoxy groups -OCH3 is 1. The van der Waals surface area contributed by atoms with Crippen LogP contribution in [0.1, 0.15) is 52.1 Å². The maximum absolute atomic E-state index is 15.2. The Labute approximate surface area is 203 Å². The van der Waals surface area contributed by atoms with Gasteiger partial charge in [-0.05, 0) is 60.7 Å². The average molecular weight is 504 g/mol. The fourth-order valence-corrected chi connectivity index (χ4v) is 3.50. The van der Waals surface area contributed by atoms with Gasteiger partial charge in [0.25, 0.3) is 5.91 Å². The Morgan fingerprint density at radius 1 is 1.03 bits per heavy atom. The number of pyridine rings is 1. The van der Waals surface area contributed by atoms with E-state index in [1.165, 1.54) is 44.5 Å². The van der Waals surface area contributed by atoms with Gasteiger partial charge in [0.2, 0.25) is 0 Å². The van der Waals surface area contributed by atoms with Crippen molar-refractivity contribution in [3.05, 3.63) is 71.3 Å². The molecule has 1 N–H and O–H groups in total. The molecular formula is C25H20F4N2O5. The van der Waals surface area contributed by atoms with E-state index >= 15 is 4.39 Å². The molecule has 36 heavy (non-hydrogen) atoms. The highest BCUT2D eigenvalue weighted by Crippen LogP contribution is 2.44. The van der Waals surface area contributed by atoms with Gasteiger partial charge in [0, 0.05) is 24.9 Å². The number of benzene rings is 2. The summed E-state index contributed by atoms with van der Waals surface area (Å²) in [5, 5.41) is 2.52. The third-order valence-electron chi connectivity index (χ3n) is 5.32. The number of carbonyl (C=O) groups is 2. The highest BCUT2D eigenvalue weighted by molar-refractivity contribution is 6.07. The summed E-state index contributed by atoms with van der Waals surface area (Å²) in [5.41, 5.74) is 0.513. The number of nitrogens with one attached hydrogen (secondary N) is 1. The van der Waals surface area contributed by atoms with Gasteiger partial charge in [-0.3, -0.25) is 14.6 Å². The predicted molar refractivity (Wildman–Crippen MR) is 120 cm³/mol. The van der Waals surface area contributed by atoms with Crippen molar-refractivity contribution in [2.75, 3.05) is 12.4 Å². The van der Waals surface area contributed by atoms with Crippen LogP contribution in [0.2, 0.25) is 0 Å². The van der Waals surface area contributed by atoms with Gasteiger partial charge < -0.3 is 19.5 Å². The third-order valence-corrected chi connectivity index (χ3v) is 5.32. The van der Waals surface area contributed by atoms with Crippen molar-refractivity contribution < 1.29 is 41.4 Å². The number of nitrogens with zero attached hydrogens (tertiary/aromatic N) is 1. The highest BCUT2D eigenvalue weighted by Gasteiger charge is 2.32. The zero-order valence-corrected chi connectivity index (χ0v) is 19.1. The molecule has 1 fully saturated rings. The van der Waals surface area contributed by atoms with Gasteiger partial charge in [-0.25, -0.2) is 4.39 Å². The van der Waals surface area contributed by atoms with E-state index in [-0.39, 0.29) is 40.3 Å². The molecule has 0 aliphatic heterocycles. The number of amides is 1. The van der Waals surface area contributed by atoms with E-state index in [0.29, 0.717) is 5.56 Å². The van der Waals surface area contributed by atoms with E-state index < -0.39 is 29.4 Å². The molecule has 1 aliphatic carbocycles. The smallest absolute Gasteiger partial charge is 0.493 e. The van der Waals surface area contributed by atoms with E-state index in [0.717, 1.165) is 31.0 Å². The molecule has 188 valence electrons. The molecule has 2 aromatic carbocycles. The zero-order valence-electron chi connectivity index (χ0n) is 19.1. The Balaban J connectivity index is 1.69. The second kappa shape index (κ2) is 9.84. The van der Waals surface area contributed by atoms with Crippen molar-refractivity contribution in [3.8, 4) is 23.0 Å². The van der Waals surface area contributed by atoms with Crippen molar-refractivity contribution >= 4 is 17.4 Å². The van der Waals surface area contributed by atoms with Gasteiger partial charge >= 0.3 is 6.36 Å². The minimum absolute atomic E-state index is 0.0591. The summed E-state index contributed by atoms with van der Waals surface area (Å²) in [6, 6.07) is 8.68. The van der Waals surface area contributed by atoms with Crippen molar-refractivity contribution in [2.45, 2.75) is 32.0 Å². The second-order valence-corrected chi connectivity index (χ2v) is 8.05. The first kappa shape index (κ1) is 25.0. The van der Waals surface area contributed by atoms with Gasteiger partial charge in [-0.1, -0.05) is 0 Å². The molecule has 1 aliphatic rings. The monoisotopic (exact) mass is 504 g/mol. The molecule has 0 atom stereocenters. The van der Waals surface area contributed by atoms with Crippen LogP contribution in [0, 0.1) is 5.82 Å². The number of halogens is 4. The van der Waals surface area contributed by atoms with E-state index in [2.05, 4.69) is 15.0 Å². The largest absolute Gasteiger partial charge is 0.573 e. The molecule has 1 aromatic heterocycles. The lowest BCUT2D eigenvalue weighted by molar-refractivity contribution is -0.274. The Hall–Kier alpha value is -4.15. The Morgan fingerprint density at radius 3 is 2.42 bits per heavy atom. The zero-order chi connectivity index (χ0) is 26.0. The fraction of sp³-hybridized carbons (Fsp3) is 0.240. The van der Waals surface area contributed by atoms with Crippen LogP contribution < -0.4 is 19.5 Å². The first-order valence-electron chi connectivity index (χ1n) is 10.8.